The van der Waals surface area contributed by atoms with Crippen LogP contribution in [0, 0.1) is 0 Å². The quantitative estimate of drug-likeness (QED) is 0.745. The van der Waals surface area contributed by atoms with E-state index in [4.69, 9.17) is 15.2 Å². The highest BCUT2D eigenvalue weighted by molar-refractivity contribution is 6.01. The van der Waals surface area contributed by atoms with Crippen molar-refractivity contribution in [2.75, 3.05) is 40.6 Å². The zero-order valence-corrected chi connectivity index (χ0v) is 12.7. The van der Waals surface area contributed by atoms with Crippen molar-refractivity contribution in [2.24, 2.45) is 0 Å². The molecule has 0 saturated carbocycles. The van der Waals surface area contributed by atoms with Gasteiger partial charge >= 0.3 is 0 Å². The molecule has 116 valence electrons. The number of hydrogen-bond donors (Lipinski definition) is 2. The predicted molar refractivity (Wildman–Crippen MR) is 79.6 cm³/mol. The number of anilines is 1. The highest BCUT2D eigenvalue weighted by Gasteiger charge is 2.16. The molecule has 7 nitrogen and oxygen atoms in total. The smallest absolute Gasteiger partial charge is 0.253 e. The molecule has 0 fully saturated rings. The van der Waals surface area contributed by atoms with Gasteiger partial charge < -0.3 is 25.4 Å². The van der Waals surface area contributed by atoms with Gasteiger partial charge in [0, 0.05) is 33.1 Å². The van der Waals surface area contributed by atoms with Gasteiger partial charge in [0.05, 0.1) is 25.5 Å². The fraction of sp³-hybridized carbons (Fsp3) is 0.429. The van der Waals surface area contributed by atoms with E-state index in [9.17, 15) is 9.59 Å². The Labute approximate surface area is 124 Å². The van der Waals surface area contributed by atoms with Crippen molar-refractivity contribution >= 4 is 17.5 Å². The Morgan fingerprint density at radius 2 is 1.90 bits per heavy atom. The summed E-state index contributed by atoms with van der Waals surface area (Å²) in [5.41, 5.74) is 6.37. The first-order valence-corrected chi connectivity index (χ1v) is 6.40. The molecular weight excluding hydrogens is 274 g/mol. The maximum atomic E-state index is 12.1. The van der Waals surface area contributed by atoms with Gasteiger partial charge in [-0.2, -0.15) is 0 Å². The van der Waals surface area contributed by atoms with Gasteiger partial charge in [0.1, 0.15) is 11.5 Å². The lowest BCUT2D eigenvalue weighted by atomic mass is 10.1. The molecule has 0 spiro atoms. The van der Waals surface area contributed by atoms with Crippen molar-refractivity contribution in [3.05, 3.63) is 17.7 Å². The molecule has 21 heavy (non-hydrogen) atoms. The largest absolute Gasteiger partial charge is 0.497 e. The summed E-state index contributed by atoms with van der Waals surface area (Å²) in [6, 6.07) is 3.13. The topological polar surface area (TPSA) is 93.9 Å². The second kappa shape index (κ2) is 7.37. The van der Waals surface area contributed by atoms with E-state index < -0.39 is 0 Å². The molecule has 0 aromatic heterocycles. The third kappa shape index (κ3) is 4.27. The average molecular weight is 295 g/mol. The van der Waals surface area contributed by atoms with Gasteiger partial charge in [0.15, 0.2) is 0 Å². The van der Waals surface area contributed by atoms with Gasteiger partial charge in [-0.05, 0) is 6.07 Å². The molecule has 2 amide bonds. The highest BCUT2D eigenvalue weighted by atomic mass is 16.5. The number of nitrogen functional groups attached to an aromatic ring is 1. The number of nitrogens with two attached hydrogens (primary N) is 1. The summed E-state index contributed by atoms with van der Waals surface area (Å²) in [5.74, 6) is 0.391. The maximum Gasteiger partial charge on any atom is 0.253 e. The van der Waals surface area contributed by atoms with Crippen LogP contribution in [0.2, 0.25) is 0 Å². The molecule has 0 atom stereocenters. The van der Waals surface area contributed by atoms with E-state index in [1.807, 2.05) is 0 Å². The first kappa shape index (κ1) is 16.6. The predicted octanol–water partition coefficient (Wildman–Crippen LogP) is 0.494. The summed E-state index contributed by atoms with van der Waals surface area (Å²) in [4.78, 5) is 25.0. The lowest BCUT2D eigenvalue weighted by Crippen LogP contribution is -2.30. The minimum atomic E-state index is -0.378. The number of nitrogens with zero attached hydrogens (tertiary/aromatic N) is 1. The molecule has 3 N–H and O–H groups in total. The molecule has 0 bridgehead atoms. The molecule has 0 aliphatic rings. The van der Waals surface area contributed by atoms with Crippen LogP contribution in [0.5, 0.6) is 11.5 Å². The zero-order chi connectivity index (χ0) is 16.0. The number of amides is 2. The number of ether oxygens (including phenoxy) is 2. The molecular formula is C14H21N3O4. The Morgan fingerprint density at radius 3 is 2.43 bits per heavy atom. The van der Waals surface area contributed by atoms with Gasteiger partial charge in [-0.25, -0.2) is 0 Å². The molecule has 0 heterocycles. The summed E-state index contributed by atoms with van der Waals surface area (Å²) < 4.78 is 10.2. The standard InChI is InChI=1S/C14H21N3O4/c1-17(2)12(18)5-6-16-14(19)10-7-9(20-3)8-11(21-4)13(10)15/h7-8H,5-6,15H2,1-4H3,(H,16,19). The van der Waals surface area contributed by atoms with E-state index in [-0.39, 0.29) is 36.0 Å². The summed E-state index contributed by atoms with van der Waals surface area (Å²) in [6.07, 6.45) is 0.222. The molecule has 1 aromatic carbocycles. The first-order chi connectivity index (χ1) is 9.90. The van der Waals surface area contributed by atoms with E-state index in [1.54, 1.807) is 20.2 Å². The average Bonchev–Trinajstić information content (AvgIpc) is 2.46. The number of rotatable bonds is 6. The third-order valence-electron chi connectivity index (χ3n) is 2.94. The van der Waals surface area contributed by atoms with Crippen molar-refractivity contribution in [1.82, 2.24) is 10.2 Å². The van der Waals surface area contributed by atoms with Crippen LogP contribution in [0.25, 0.3) is 0 Å². The second-order valence-corrected chi connectivity index (χ2v) is 4.58. The van der Waals surface area contributed by atoms with Gasteiger partial charge in [-0.1, -0.05) is 0 Å². The van der Waals surface area contributed by atoms with E-state index >= 15 is 0 Å². The van der Waals surface area contributed by atoms with Crippen molar-refractivity contribution in [3.63, 3.8) is 0 Å². The van der Waals surface area contributed by atoms with Gasteiger partial charge in [-0.15, -0.1) is 0 Å². The molecule has 0 aliphatic heterocycles. The fourth-order valence-corrected chi connectivity index (χ4v) is 1.68. The number of nitrogens with one attached hydrogen (secondary N) is 1. The molecule has 1 aromatic rings. The Bertz CT molecular complexity index is 529. The van der Waals surface area contributed by atoms with Crippen molar-refractivity contribution < 1.29 is 19.1 Å². The van der Waals surface area contributed by atoms with E-state index in [0.29, 0.717) is 11.5 Å². The number of carbonyl (C=O) groups excluding carboxylic acids is 2. The van der Waals surface area contributed by atoms with Crippen LogP contribution in [0.3, 0.4) is 0 Å². The number of carbonyl (C=O) groups is 2. The fourth-order valence-electron chi connectivity index (χ4n) is 1.68. The van der Waals surface area contributed by atoms with Crippen molar-refractivity contribution in [3.8, 4) is 11.5 Å². The summed E-state index contributed by atoms with van der Waals surface area (Å²) >= 11 is 0. The normalized spacial score (nSPS) is 9.90. The summed E-state index contributed by atoms with van der Waals surface area (Å²) in [5, 5.41) is 2.65. The minimum Gasteiger partial charge on any atom is -0.497 e. The summed E-state index contributed by atoms with van der Waals surface area (Å²) in [6.45, 7) is 0.231. The Hall–Kier alpha value is -2.44. The summed E-state index contributed by atoms with van der Waals surface area (Å²) in [7, 11) is 6.27. The Morgan fingerprint density at radius 1 is 1.24 bits per heavy atom. The molecule has 0 aliphatic carbocycles. The zero-order valence-electron chi connectivity index (χ0n) is 12.7. The van der Waals surface area contributed by atoms with Gasteiger partial charge in [0.25, 0.3) is 5.91 Å². The second-order valence-electron chi connectivity index (χ2n) is 4.58. The van der Waals surface area contributed by atoms with Crippen LogP contribution in [-0.4, -0.2) is 51.6 Å². The lowest BCUT2D eigenvalue weighted by Gasteiger charge is -2.13. The van der Waals surface area contributed by atoms with Crippen LogP contribution in [-0.2, 0) is 4.79 Å². The molecule has 7 heteroatoms. The monoisotopic (exact) mass is 295 g/mol. The lowest BCUT2D eigenvalue weighted by molar-refractivity contribution is -0.128. The van der Waals surface area contributed by atoms with Gasteiger partial charge in [-0.3, -0.25) is 9.59 Å². The molecule has 1 rings (SSSR count). The van der Waals surface area contributed by atoms with E-state index in [0.717, 1.165) is 0 Å². The minimum absolute atomic E-state index is 0.0634. The van der Waals surface area contributed by atoms with Crippen LogP contribution < -0.4 is 20.5 Å². The van der Waals surface area contributed by atoms with E-state index in [2.05, 4.69) is 5.32 Å². The van der Waals surface area contributed by atoms with Crippen molar-refractivity contribution in [1.29, 1.82) is 0 Å². The van der Waals surface area contributed by atoms with E-state index in [1.165, 1.54) is 25.2 Å². The SMILES string of the molecule is COc1cc(OC)c(N)c(C(=O)NCCC(=O)N(C)C)c1. The maximum absolute atomic E-state index is 12.1. The van der Waals surface area contributed by atoms with Crippen LogP contribution in [0.4, 0.5) is 5.69 Å². The number of benzene rings is 1. The molecule has 0 unspecified atom stereocenters. The number of hydrogen-bond acceptors (Lipinski definition) is 5. The first-order valence-electron chi connectivity index (χ1n) is 6.40. The Kier molecular flexibility index (Phi) is 5.83. The Balaban J connectivity index is 2.80. The van der Waals surface area contributed by atoms with Gasteiger partial charge in [0.2, 0.25) is 5.91 Å². The number of methoxy groups -OCH3 is 2. The van der Waals surface area contributed by atoms with Crippen LogP contribution >= 0.6 is 0 Å². The van der Waals surface area contributed by atoms with Crippen LogP contribution in [0.1, 0.15) is 16.8 Å². The molecule has 0 saturated heterocycles. The van der Waals surface area contributed by atoms with Crippen molar-refractivity contribution in [2.45, 2.75) is 6.42 Å². The highest BCUT2D eigenvalue weighted by Crippen LogP contribution is 2.30. The third-order valence-corrected chi connectivity index (χ3v) is 2.94. The van der Waals surface area contributed by atoms with Crippen LogP contribution in [0.15, 0.2) is 12.1 Å². The molecule has 0 radical (unpaired) electrons.